The van der Waals surface area contributed by atoms with Crippen LogP contribution in [0.4, 0.5) is 5.69 Å². The van der Waals surface area contributed by atoms with Crippen LogP contribution in [-0.4, -0.2) is 37.0 Å². The highest BCUT2D eigenvalue weighted by Crippen LogP contribution is 2.14. The van der Waals surface area contributed by atoms with Crippen molar-refractivity contribution in [3.8, 4) is 5.75 Å². The maximum atomic E-state index is 12.1. The zero-order valence-corrected chi connectivity index (χ0v) is 20.6. The van der Waals surface area contributed by atoms with Crippen LogP contribution in [0.15, 0.2) is 64.1 Å². The summed E-state index contributed by atoms with van der Waals surface area (Å²) in [6.45, 7) is 3.99. The molecular weight excluding hydrogens is 478 g/mol. The van der Waals surface area contributed by atoms with Crippen molar-refractivity contribution in [3.63, 3.8) is 0 Å². The van der Waals surface area contributed by atoms with Crippen molar-refractivity contribution < 1.29 is 28.3 Å². The molecular formula is C26H27N5O6. The van der Waals surface area contributed by atoms with Gasteiger partial charge in [-0.2, -0.15) is 5.10 Å². The molecule has 1 heterocycles. The van der Waals surface area contributed by atoms with Crippen LogP contribution in [0.2, 0.25) is 0 Å². The highest BCUT2D eigenvalue weighted by atomic mass is 16.5. The van der Waals surface area contributed by atoms with Gasteiger partial charge in [-0.3, -0.25) is 19.2 Å². The van der Waals surface area contributed by atoms with Crippen LogP contribution < -0.4 is 26.1 Å². The molecule has 37 heavy (non-hydrogen) atoms. The number of nitrogens with zero attached hydrogens (tertiary/aromatic N) is 1. The topological polar surface area (TPSA) is 151 Å². The third-order valence-corrected chi connectivity index (χ3v) is 5.25. The summed E-state index contributed by atoms with van der Waals surface area (Å²) in [5.41, 5.74) is 5.50. The molecule has 0 aliphatic heterocycles. The van der Waals surface area contributed by atoms with E-state index in [9.17, 15) is 19.2 Å². The minimum absolute atomic E-state index is 0.0346. The van der Waals surface area contributed by atoms with Crippen molar-refractivity contribution in [1.82, 2.24) is 16.1 Å². The van der Waals surface area contributed by atoms with Crippen LogP contribution in [0.3, 0.4) is 0 Å². The van der Waals surface area contributed by atoms with E-state index in [4.69, 9.17) is 9.15 Å². The summed E-state index contributed by atoms with van der Waals surface area (Å²) < 4.78 is 10.5. The number of nitrogens with one attached hydrogen (secondary N) is 4. The summed E-state index contributed by atoms with van der Waals surface area (Å²) in [4.78, 5) is 48.0. The molecule has 0 radical (unpaired) electrons. The van der Waals surface area contributed by atoms with Crippen molar-refractivity contribution >= 4 is 35.5 Å². The fourth-order valence-corrected chi connectivity index (χ4v) is 3.02. The predicted molar refractivity (Wildman–Crippen MR) is 136 cm³/mol. The van der Waals surface area contributed by atoms with Gasteiger partial charge < -0.3 is 25.1 Å². The van der Waals surface area contributed by atoms with Crippen LogP contribution in [-0.2, 0) is 32.3 Å². The average molecular weight is 506 g/mol. The number of carbonyl (C=O) groups excluding carboxylic acids is 4. The van der Waals surface area contributed by atoms with Gasteiger partial charge in [0.25, 0.3) is 0 Å². The monoisotopic (exact) mass is 505 g/mol. The fourth-order valence-electron chi connectivity index (χ4n) is 3.02. The summed E-state index contributed by atoms with van der Waals surface area (Å²) in [6.07, 6.45) is 1.20. The van der Waals surface area contributed by atoms with E-state index in [0.29, 0.717) is 17.2 Å². The van der Waals surface area contributed by atoms with E-state index in [-0.39, 0.29) is 18.8 Å². The Labute approximate surface area is 213 Å². The second-order valence-electron chi connectivity index (χ2n) is 7.97. The van der Waals surface area contributed by atoms with Gasteiger partial charge in [-0.25, -0.2) is 5.43 Å². The highest BCUT2D eigenvalue weighted by molar-refractivity contribution is 6.39. The first-order chi connectivity index (χ1) is 17.7. The number of hydrogen-bond donors (Lipinski definition) is 4. The molecule has 4 amide bonds. The Hall–Kier alpha value is -4.93. The number of anilines is 1. The smallest absolute Gasteiger partial charge is 0.329 e. The number of aryl methyl sites for hydroxylation is 2. The van der Waals surface area contributed by atoms with Gasteiger partial charge in [-0.15, -0.1) is 0 Å². The molecule has 4 N–H and O–H groups in total. The van der Waals surface area contributed by atoms with Gasteiger partial charge in [-0.05, 0) is 66.9 Å². The Morgan fingerprint density at radius 2 is 1.54 bits per heavy atom. The van der Waals surface area contributed by atoms with Crippen LogP contribution in [0.25, 0.3) is 0 Å². The molecule has 1 aromatic heterocycles. The fraction of sp³-hybridized carbons (Fsp3) is 0.192. The number of rotatable bonds is 8. The lowest BCUT2D eigenvalue weighted by molar-refractivity contribution is -0.139. The van der Waals surface area contributed by atoms with Crippen molar-refractivity contribution in [3.05, 3.63) is 82.8 Å². The van der Waals surface area contributed by atoms with Crippen molar-refractivity contribution in [2.45, 2.75) is 26.9 Å². The average Bonchev–Trinajstić information content (AvgIpc) is 3.35. The van der Waals surface area contributed by atoms with Gasteiger partial charge in [0.2, 0.25) is 0 Å². The van der Waals surface area contributed by atoms with Gasteiger partial charge in [0.1, 0.15) is 17.3 Å². The number of amides is 4. The molecule has 3 aromatic rings. The van der Waals surface area contributed by atoms with Crippen LogP contribution in [0, 0.1) is 13.8 Å². The molecule has 0 bridgehead atoms. The van der Waals surface area contributed by atoms with Gasteiger partial charge in [0, 0.05) is 12.2 Å². The third kappa shape index (κ3) is 8.06. The van der Waals surface area contributed by atoms with Crippen molar-refractivity contribution in [1.29, 1.82) is 0 Å². The minimum atomic E-state index is -0.946. The number of benzene rings is 2. The molecule has 0 spiro atoms. The molecule has 0 aliphatic carbocycles. The van der Waals surface area contributed by atoms with Crippen LogP contribution in [0.1, 0.15) is 28.2 Å². The summed E-state index contributed by atoms with van der Waals surface area (Å²) in [5, 5.41) is 11.2. The first kappa shape index (κ1) is 26.7. The summed E-state index contributed by atoms with van der Waals surface area (Å²) in [6, 6.07) is 15.5. The molecule has 3 rings (SSSR count). The van der Waals surface area contributed by atoms with E-state index in [1.807, 2.05) is 19.9 Å². The quantitative estimate of drug-likeness (QED) is 0.209. The molecule has 0 unspecified atom stereocenters. The van der Waals surface area contributed by atoms with E-state index in [1.165, 1.54) is 6.21 Å². The van der Waals surface area contributed by atoms with E-state index >= 15 is 0 Å². The molecule has 0 saturated heterocycles. The summed E-state index contributed by atoms with van der Waals surface area (Å²) >= 11 is 0. The molecule has 2 aromatic carbocycles. The Kier molecular flexibility index (Phi) is 9.14. The lowest BCUT2D eigenvalue weighted by atomic mass is 10.1. The maximum absolute atomic E-state index is 12.1. The summed E-state index contributed by atoms with van der Waals surface area (Å²) in [5.74, 6) is -2.11. The van der Waals surface area contributed by atoms with E-state index in [1.54, 1.807) is 55.6 Å². The number of furan rings is 1. The first-order valence-corrected chi connectivity index (χ1v) is 11.2. The number of hydrazone groups is 1. The molecule has 11 heteroatoms. The standard InChI is InChI=1S/C26H27N5O6/c1-16-4-7-19(12-17(16)2)30-25(34)23(32)28-14-21-10-11-22(37-21)15-29-31-26(35)24(33)27-13-18-5-8-20(36-3)9-6-18/h4-12,15H,13-14H2,1-3H3,(H,27,33)(H,28,32)(H,30,34)(H,31,35)/b29-15+. The van der Waals surface area contributed by atoms with Gasteiger partial charge in [-0.1, -0.05) is 18.2 Å². The molecule has 11 nitrogen and oxygen atoms in total. The van der Waals surface area contributed by atoms with Crippen LogP contribution >= 0.6 is 0 Å². The van der Waals surface area contributed by atoms with Crippen molar-refractivity contribution in [2.75, 3.05) is 12.4 Å². The van der Waals surface area contributed by atoms with Gasteiger partial charge in [0.15, 0.2) is 0 Å². The SMILES string of the molecule is COc1ccc(CNC(=O)C(=O)N/N=C/c2ccc(CNC(=O)C(=O)Nc3ccc(C)c(C)c3)o2)cc1. The lowest BCUT2D eigenvalue weighted by Crippen LogP contribution is -2.37. The van der Waals surface area contributed by atoms with Crippen LogP contribution in [0.5, 0.6) is 5.75 Å². The number of methoxy groups -OCH3 is 1. The van der Waals surface area contributed by atoms with E-state index < -0.39 is 23.6 Å². The molecule has 192 valence electrons. The Bertz CT molecular complexity index is 1310. The minimum Gasteiger partial charge on any atom is -0.497 e. The lowest BCUT2D eigenvalue weighted by Gasteiger charge is -2.07. The predicted octanol–water partition coefficient (Wildman–Crippen LogP) is 1.93. The second-order valence-corrected chi connectivity index (χ2v) is 7.97. The number of hydrogen-bond acceptors (Lipinski definition) is 7. The second kappa shape index (κ2) is 12.7. The van der Waals surface area contributed by atoms with Crippen molar-refractivity contribution in [2.24, 2.45) is 5.10 Å². The number of carbonyl (C=O) groups is 4. The number of ether oxygens (including phenoxy) is 1. The third-order valence-electron chi connectivity index (χ3n) is 5.25. The van der Waals surface area contributed by atoms with Gasteiger partial charge in [0.05, 0.1) is 19.9 Å². The highest BCUT2D eigenvalue weighted by Gasteiger charge is 2.15. The Morgan fingerprint density at radius 3 is 2.24 bits per heavy atom. The zero-order chi connectivity index (χ0) is 26.8. The normalized spacial score (nSPS) is 10.6. The largest absolute Gasteiger partial charge is 0.497 e. The zero-order valence-electron chi connectivity index (χ0n) is 20.6. The van der Waals surface area contributed by atoms with E-state index in [2.05, 4.69) is 26.5 Å². The Morgan fingerprint density at radius 1 is 0.838 bits per heavy atom. The Balaban J connectivity index is 1.40. The molecule has 0 atom stereocenters. The van der Waals surface area contributed by atoms with E-state index in [0.717, 1.165) is 16.7 Å². The molecule has 0 fully saturated rings. The first-order valence-electron chi connectivity index (χ1n) is 11.2. The maximum Gasteiger partial charge on any atom is 0.329 e. The molecule has 0 saturated carbocycles. The molecule has 0 aliphatic rings. The van der Waals surface area contributed by atoms with Gasteiger partial charge >= 0.3 is 23.6 Å². The summed E-state index contributed by atoms with van der Waals surface area (Å²) in [7, 11) is 1.55.